The van der Waals surface area contributed by atoms with Crippen molar-refractivity contribution in [1.82, 2.24) is 4.90 Å². The maximum absolute atomic E-state index is 11.3. The maximum atomic E-state index is 11.3. The number of hydrogen-bond donors (Lipinski definition) is 0. The standard InChI is InChI=1S/C13H14N2O3/c1-15(8-11(16)4-5-14)7-10-2-3-12-13(6-10)18-9-17-12/h2-3,6H,4,7-9H2,1H3. The SMILES string of the molecule is CN(CC(=O)CC#N)Cc1ccc2c(c1)OCO2. The lowest BCUT2D eigenvalue weighted by atomic mass is 10.2. The molecule has 0 radical (unpaired) electrons. The molecule has 5 nitrogen and oxygen atoms in total. The van der Waals surface area contributed by atoms with E-state index in [1.807, 2.05) is 36.2 Å². The van der Waals surface area contributed by atoms with E-state index < -0.39 is 0 Å². The van der Waals surface area contributed by atoms with Crippen LogP contribution in [0.1, 0.15) is 12.0 Å². The Kier molecular flexibility index (Phi) is 3.80. The van der Waals surface area contributed by atoms with E-state index in [4.69, 9.17) is 14.7 Å². The number of hydrogen-bond acceptors (Lipinski definition) is 5. The van der Waals surface area contributed by atoms with Gasteiger partial charge in [0.1, 0.15) is 0 Å². The van der Waals surface area contributed by atoms with Gasteiger partial charge in [-0.25, -0.2) is 0 Å². The van der Waals surface area contributed by atoms with Crippen LogP contribution >= 0.6 is 0 Å². The van der Waals surface area contributed by atoms with Crippen molar-refractivity contribution in [1.29, 1.82) is 5.26 Å². The molecule has 0 amide bonds. The van der Waals surface area contributed by atoms with Crippen LogP contribution in [-0.2, 0) is 11.3 Å². The topological polar surface area (TPSA) is 62.6 Å². The number of ether oxygens (including phenoxy) is 2. The van der Waals surface area contributed by atoms with E-state index in [0.29, 0.717) is 6.54 Å². The first-order valence-corrected chi connectivity index (χ1v) is 5.65. The third kappa shape index (κ3) is 2.99. The zero-order valence-electron chi connectivity index (χ0n) is 10.2. The summed E-state index contributed by atoms with van der Waals surface area (Å²) in [6.45, 7) is 1.17. The fourth-order valence-corrected chi connectivity index (χ4v) is 1.85. The molecule has 0 bridgehead atoms. The average molecular weight is 246 g/mol. The number of ketones is 1. The lowest BCUT2D eigenvalue weighted by Crippen LogP contribution is -2.25. The minimum atomic E-state index is -0.0688. The van der Waals surface area contributed by atoms with Crippen LogP contribution in [0.25, 0.3) is 0 Å². The molecule has 1 aromatic rings. The van der Waals surface area contributed by atoms with Crippen molar-refractivity contribution in [3.05, 3.63) is 23.8 Å². The summed E-state index contributed by atoms with van der Waals surface area (Å²) < 4.78 is 10.5. The minimum Gasteiger partial charge on any atom is -0.454 e. The summed E-state index contributed by atoms with van der Waals surface area (Å²) in [5.74, 6) is 1.42. The van der Waals surface area contributed by atoms with Crippen molar-refractivity contribution >= 4 is 5.78 Å². The number of carbonyl (C=O) groups excluding carboxylic acids is 1. The van der Waals surface area contributed by atoms with Crippen molar-refractivity contribution < 1.29 is 14.3 Å². The highest BCUT2D eigenvalue weighted by atomic mass is 16.7. The van der Waals surface area contributed by atoms with Crippen molar-refractivity contribution in [3.8, 4) is 17.6 Å². The molecule has 2 rings (SSSR count). The largest absolute Gasteiger partial charge is 0.454 e. The summed E-state index contributed by atoms with van der Waals surface area (Å²) in [5, 5.41) is 8.43. The second kappa shape index (κ2) is 5.52. The highest BCUT2D eigenvalue weighted by molar-refractivity contribution is 5.82. The molecule has 0 spiro atoms. The van der Waals surface area contributed by atoms with Gasteiger partial charge in [0, 0.05) is 6.54 Å². The summed E-state index contributed by atoms with van der Waals surface area (Å²) in [5.41, 5.74) is 1.05. The van der Waals surface area contributed by atoms with Gasteiger partial charge in [0.05, 0.1) is 19.0 Å². The second-order valence-corrected chi connectivity index (χ2v) is 4.23. The Bertz CT molecular complexity index is 493. The van der Waals surface area contributed by atoms with Crippen LogP contribution in [0.5, 0.6) is 11.5 Å². The second-order valence-electron chi connectivity index (χ2n) is 4.23. The van der Waals surface area contributed by atoms with Crippen molar-refractivity contribution in [2.75, 3.05) is 20.4 Å². The fourth-order valence-electron chi connectivity index (χ4n) is 1.85. The van der Waals surface area contributed by atoms with Crippen LogP contribution < -0.4 is 9.47 Å². The quantitative estimate of drug-likeness (QED) is 0.784. The minimum absolute atomic E-state index is 0.0362. The zero-order chi connectivity index (χ0) is 13.0. The van der Waals surface area contributed by atoms with E-state index in [9.17, 15) is 4.79 Å². The first-order valence-electron chi connectivity index (χ1n) is 5.65. The first kappa shape index (κ1) is 12.4. The molecule has 1 aliphatic heterocycles. The number of nitrogens with zero attached hydrogens (tertiary/aromatic N) is 2. The molecule has 0 N–H and O–H groups in total. The average Bonchev–Trinajstić information content (AvgIpc) is 2.76. The number of nitriles is 1. The van der Waals surface area contributed by atoms with E-state index in [-0.39, 0.29) is 25.5 Å². The number of fused-ring (bicyclic) bond motifs is 1. The molecular formula is C13H14N2O3. The molecule has 0 aliphatic carbocycles. The van der Waals surface area contributed by atoms with E-state index in [2.05, 4.69) is 0 Å². The third-order valence-electron chi connectivity index (χ3n) is 2.61. The molecule has 0 atom stereocenters. The van der Waals surface area contributed by atoms with Crippen LogP contribution in [0.15, 0.2) is 18.2 Å². The van der Waals surface area contributed by atoms with Gasteiger partial charge in [0.25, 0.3) is 0 Å². The zero-order valence-corrected chi connectivity index (χ0v) is 10.2. The molecular weight excluding hydrogens is 232 g/mol. The molecule has 0 fully saturated rings. The molecule has 5 heteroatoms. The van der Waals surface area contributed by atoms with Gasteiger partial charge in [-0.3, -0.25) is 9.69 Å². The van der Waals surface area contributed by atoms with Crippen LogP contribution in [0, 0.1) is 11.3 Å². The highest BCUT2D eigenvalue weighted by Gasteiger charge is 2.14. The van der Waals surface area contributed by atoms with E-state index in [1.54, 1.807) is 0 Å². The van der Waals surface area contributed by atoms with Gasteiger partial charge < -0.3 is 9.47 Å². The summed E-state index contributed by atoms with van der Waals surface area (Å²) >= 11 is 0. The molecule has 0 saturated heterocycles. The summed E-state index contributed by atoms with van der Waals surface area (Å²) in [6, 6.07) is 7.58. The maximum Gasteiger partial charge on any atom is 0.231 e. The first-order chi connectivity index (χ1) is 8.69. The Balaban J connectivity index is 1.93. The highest BCUT2D eigenvalue weighted by Crippen LogP contribution is 2.32. The Morgan fingerprint density at radius 1 is 1.44 bits per heavy atom. The normalized spacial score (nSPS) is 12.5. The fraction of sp³-hybridized carbons (Fsp3) is 0.385. The smallest absolute Gasteiger partial charge is 0.231 e. The van der Waals surface area contributed by atoms with Crippen molar-refractivity contribution in [3.63, 3.8) is 0 Å². The summed E-state index contributed by atoms with van der Waals surface area (Å²) in [7, 11) is 1.85. The van der Waals surface area contributed by atoms with Crippen molar-refractivity contribution in [2.45, 2.75) is 13.0 Å². The number of likely N-dealkylation sites (N-methyl/N-ethyl adjacent to an activating group) is 1. The monoisotopic (exact) mass is 246 g/mol. The predicted molar refractivity (Wildman–Crippen MR) is 64.1 cm³/mol. The van der Waals surface area contributed by atoms with Crippen LogP contribution in [0.4, 0.5) is 0 Å². The Morgan fingerprint density at radius 2 is 2.22 bits per heavy atom. The Labute approximate surface area is 106 Å². The molecule has 0 unspecified atom stereocenters. The van der Waals surface area contributed by atoms with Crippen LogP contribution in [-0.4, -0.2) is 31.1 Å². The van der Waals surface area contributed by atoms with Gasteiger partial charge in [-0.15, -0.1) is 0 Å². The molecule has 0 saturated carbocycles. The third-order valence-corrected chi connectivity index (χ3v) is 2.61. The van der Waals surface area contributed by atoms with Gasteiger partial charge in [-0.05, 0) is 24.7 Å². The van der Waals surface area contributed by atoms with E-state index >= 15 is 0 Å². The number of carbonyl (C=O) groups is 1. The Morgan fingerprint density at radius 3 is 3.00 bits per heavy atom. The molecule has 18 heavy (non-hydrogen) atoms. The molecule has 1 heterocycles. The van der Waals surface area contributed by atoms with Gasteiger partial charge in [0.15, 0.2) is 17.3 Å². The Hall–Kier alpha value is -2.06. The lowest BCUT2D eigenvalue weighted by Gasteiger charge is -2.15. The molecule has 1 aliphatic rings. The van der Waals surface area contributed by atoms with Gasteiger partial charge in [0.2, 0.25) is 6.79 Å². The van der Waals surface area contributed by atoms with E-state index in [0.717, 1.165) is 17.1 Å². The lowest BCUT2D eigenvalue weighted by molar-refractivity contribution is -0.119. The van der Waals surface area contributed by atoms with Crippen LogP contribution in [0.2, 0.25) is 0 Å². The van der Waals surface area contributed by atoms with Crippen molar-refractivity contribution in [2.24, 2.45) is 0 Å². The molecule has 0 aromatic heterocycles. The summed E-state index contributed by atoms with van der Waals surface area (Å²) in [6.07, 6.45) is -0.0362. The van der Waals surface area contributed by atoms with Gasteiger partial charge in [-0.1, -0.05) is 6.07 Å². The number of Topliss-reactive ketones (excluding diaryl/α,β-unsaturated/α-hetero) is 1. The number of rotatable bonds is 5. The number of benzene rings is 1. The van der Waals surface area contributed by atoms with E-state index in [1.165, 1.54) is 0 Å². The molecule has 94 valence electrons. The van der Waals surface area contributed by atoms with Gasteiger partial charge >= 0.3 is 0 Å². The molecule has 1 aromatic carbocycles. The predicted octanol–water partition coefficient (Wildman–Crippen LogP) is 1.33. The van der Waals surface area contributed by atoms with Crippen LogP contribution in [0.3, 0.4) is 0 Å². The summed E-state index contributed by atoms with van der Waals surface area (Å²) in [4.78, 5) is 13.2. The van der Waals surface area contributed by atoms with Gasteiger partial charge in [-0.2, -0.15) is 5.26 Å².